The first-order valence-corrected chi connectivity index (χ1v) is 3.71. The minimum absolute atomic E-state index is 0.807. The van der Waals surface area contributed by atoms with Crippen LogP contribution >= 0.6 is 0 Å². The van der Waals surface area contributed by atoms with Crippen LogP contribution in [0.15, 0.2) is 12.3 Å². The van der Waals surface area contributed by atoms with Crippen LogP contribution in [-0.2, 0) is 0 Å². The molecule has 2 rings (SSSR count). The number of piperidine rings is 1. The Morgan fingerprint density at radius 3 is 3.11 bits per heavy atom. The van der Waals surface area contributed by atoms with E-state index in [-0.39, 0.29) is 0 Å². The average molecular weight is 123 g/mol. The van der Waals surface area contributed by atoms with Crippen molar-refractivity contribution in [3.8, 4) is 0 Å². The maximum Gasteiger partial charge on any atom is 0.0293 e. The zero-order valence-electron chi connectivity index (χ0n) is 5.85. The molecule has 1 heteroatoms. The SMILES string of the molecule is C=C1C[C@H](C)[C@@H]2C[C@@H]2N1. The summed E-state index contributed by atoms with van der Waals surface area (Å²) in [5.41, 5.74) is 1.25. The van der Waals surface area contributed by atoms with Gasteiger partial charge in [-0.05, 0) is 24.7 Å². The Hall–Kier alpha value is -0.460. The van der Waals surface area contributed by atoms with Crippen LogP contribution in [0.4, 0.5) is 0 Å². The van der Waals surface area contributed by atoms with E-state index in [9.17, 15) is 0 Å². The lowest BCUT2D eigenvalue weighted by Gasteiger charge is -2.20. The number of nitrogens with one attached hydrogen (secondary N) is 1. The fourth-order valence-corrected chi connectivity index (χ4v) is 1.87. The Morgan fingerprint density at radius 1 is 1.67 bits per heavy atom. The second-order valence-electron chi connectivity index (χ2n) is 3.44. The largest absolute Gasteiger partial charge is 0.386 e. The zero-order chi connectivity index (χ0) is 6.43. The smallest absolute Gasteiger partial charge is 0.0293 e. The summed E-state index contributed by atoms with van der Waals surface area (Å²) in [5, 5.41) is 3.39. The highest BCUT2D eigenvalue weighted by Crippen LogP contribution is 2.43. The third kappa shape index (κ3) is 0.752. The highest BCUT2D eigenvalue weighted by Gasteiger charge is 2.44. The molecule has 2 fully saturated rings. The first-order valence-electron chi connectivity index (χ1n) is 3.71. The first kappa shape index (κ1) is 5.33. The van der Waals surface area contributed by atoms with Gasteiger partial charge in [-0.3, -0.25) is 0 Å². The van der Waals surface area contributed by atoms with Gasteiger partial charge in [-0.15, -0.1) is 0 Å². The summed E-state index contributed by atoms with van der Waals surface area (Å²) in [5.74, 6) is 1.87. The molecule has 9 heavy (non-hydrogen) atoms. The number of hydrogen-bond donors (Lipinski definition) is 1. The number of allylic oxidation sites excluding steroid dienone is 1. The summed E-state index contributed by atoms with van der Waals surface area (Å²) in [6.45, 7) is 6.26. The van der Waals surface area contributed by atoms with Crippen molar-refractivity contribution >= 4 is 0 Å². The summed E-state index contributed by atoms with van der Waals surface area (Å²) in [6, 6.07) is 0.807. The third-order valence-corrected chi connectivity index (χ3v) is 2.53. The van der Waals surface area contributed by atoms with Crippen LogP contribution in [0.2, 0.25) is 0 Å². The van der Waals surface area contributed by atoms with E-state index >= 15 is 0 Å². The Balaban J connectivity index is 2.07. The van der Waals surface area contributed by atoms with Crippen molar-refractivity contribution in [3.63, 3.8) is 0 Å². The predicted molar refractivity (Wildman–Crippen MR) is 38.0 cm³/mol. The normalized spacial score (nSPS) is 47.7. The molecule has 0 amide bonds. The summed E-state index contributed by atoms with van der Waals surface area (Å²) in [4.78, 5) is 0. The molecule has 0 radical (unpaired) electrons. The number of rotatable bonds is 0. The molecule has 2 aliphatic rings. The molecule has 1 saturated heterocycles. The maximum absolute atomic E-state index is 3.93. The molecule has 3 atom stereocenters. The van der Waals surface area contributed by atoms with E-state index in [1.807, 2.05) is 0 Å². The Kier molecular flexibility index (Phi) is 0.904. The molecular formula is C8H13N. The molecule has 1 aliphatic carbocycles. The van der Waals surface area contributed by atoms with Gasteiger partial charge in [0.05, 0.1) is 0 Å². The highest BCUT2D eigenvalue weighted by atomic mass is 15.0. The van der Waals surface area contributed by atoms with Crippen molar-refractivity contribution in [2.24, 2.45) is 11.8 Å². The fourth-order valence-electron chi connectivity index (χ4n) is 1.87. The van der Waals surface area contributed by atoms with Gasteiger partial charge in [0.2, 0.25) is 0 Å². The van der Waals surface area contributed by atoms with E-state index in [0.29, 0.717) is 0 Å². The molecule has 1 aliphatic heterocycles. The molecular weight excluding hydrogens is 110 g/mol. The van der Waals surface area contributed by atoms with E-state index < -0.39 is 0 Å². The van der Waals surface area contributed by atoms with Crippen molar-refractivity contribution in [2.45, 2.75) is 25.8 Å². The summed E-state index contributed by atoms with van der Waals surface area (Å²) in [7, 11) is 0. The van der Waals surface area contributed by atoms with Crippen LogP contribution in [0.5, 0.6) is 0 Å². The van der Waals surface area contributed by atoms with Crippen LogP contribution in [0, 0.1) is 11.8 Å². The van der Waals surface area contributed by atoms with Gasteiger partial charge in [-0.25, -0.2) is 0 Å². The fraction of sp³-hybridized carbons (Fsp3) is 0.750. The van der Waals surface area contributed by atoms with Crippen LogP contribution in [0.1, 0.15) is 19.8 Å². The Morgan fingerprint density at radius 2 is 2.44 bits per heavy atom. The second-order valence-corrected chi connectivity index (χ2v) is 3.44. The lowest BCUT2D eigenvalue weighted by atomic mass is 9.97. The van der Waals surface area contributed by atoms with E-state index in [1.165, 1.54) is 18.5 Å². The van der Waals surface area contributed by atoms with Crippen LogP contribution in [-0.4, -0.2) is 6.04 Å². The van der Waals surface area contributed by atoms with Gasteiger partial charge in [-0.1, -0.05) is 13.5 Å². The van der Waals surface area contributed by atoms with Crippen molar-refractivity contribution in [1.29, 1.82) is 0 Å². The number of fused-ring (bicyclic) bond motifs is 1. The molecule has 0 aromatic carbocycles. The number of hydrogen-bond acceptors (Lipinski definition) is 1. The molecule has 0 aromatic heterocycles. The molecule has 0 aromatic rings. The Labute approximate surface area is 56.1 Å². The topological polar surface area (TPSA) is 12.0 Å². The van der Waals surface area contributed by atoms with Gasteiger partial charge in [0.15, 0.2) is 0 Å². The molecule has 1 heterocycles. The quantitative estimate of drug-likeness (QED) is 0.515. The summed E-state index contributed by atoms with van der Waals surface area (Å²) in [6.07, 6.45) is 2.58. The molecule has 0 spiro atoms. The average Bonchev–Trinajstić information content (AvgIpc) is 2.43. The van der Waals surface area contributed by atoms with Crippen molar-refractivity contribution in [1.82, 2.24) is 5.32 Å². The van der Waals surface area contributed by atoms with Gasteiger partial charge < -0.3 is 5.32 Å². The third-order valence-electron chi connectivity index (χ3n) is 2.53. The van der Waals surface area contributed by atoms with Crippen LogP contribution in [0.25, 0.3) is 0 Å². The van der Waals surface area contributed by atoms with E-state index in [4.69, 9.17) is 0 Å². The van der Waals surface area contributed by atoms with Gasteiger partial charge in [0.25, 0.3) is 0 Å². The lowest BCUT2D eigenvalue weighted by molar-refractivity contribution is 0.427. The molecule has 0 unspecified atom stereocenters. The molecule has 0 bridgehead atoms. The van der Waals surface area contributed by atoms with Crippen molar-refractivity contribution in [3.05, 3.63) is 12.3 Å². The summed E-state index contributed by atoms with van der Waals surface area (Å²) >= 11 is 0. The van der Waals surface area contributed by atoms with E-state index in [2.05, 4.69) is 18.8 Å². The van der Waals surface area contributed by atoms with E-state index in [0.717, 1.165) is 17.9 Å². The maximum atomic E-state index is 3.93. The summed E-state index contributed by atoms with van der Waals surface area (Å²) < 4.78 is 0. The minimum Gasteiger partial charge on any atom is -0.386 e. The zero-order valence-corrected chi connectivity index (χ0v) is 5.85. The first-order chi connectivity index (χ1) is 4.27. The second kappa shape index (κ2) is 1.53. The Bertz CT molecular complexity index is 151. The van der Waals surface area contributed by atoms with Gasteiger partial charge in [0, 0.05) is 11.7 Å². The predicted octanol–water partition coefficient (Wildman–Crippen LogP) is 1.52. The molecule has 1 N–H and O–H groups in total. The standard InChI is InChI=1S/C8H13N/c1-5-3-6(2)9-8-4-7(5)8/h5,7-9H,2-4H2,1H3/t5-,7-,8-/m0/s1. The lowest BCUT2D eigenvalue weighted by Crippen LogP contribution is -2.25. The van der Waals surface area contributed by atoms with Gasteiger partial charge in [-0.2, -0.15) is 0 Å². The highest BCUT2D eigenvalue weighted by molar-refractivity contribution is 5.11. The van der Waals surface area contributed by atoms with Crippen LogP contribution < -0.4 is 5.32 Å². The van der Waals surface area contributed by atoms with E-state index in [1.54, 1.807) is 0 Å². The van der Waals surface area contributed by atoms with Crippen molar-refractivity contribution in [2.75, 3.05) is 0 Å². The monoisotopic (exact) mass is 123 g/mol. The van der Waals surface area contributed by atoms with Crippen LogP contribution in [0.3, 0.4) is 0 Å². The molecule has 1 saturated carbocycles. The van der Waals surface area contributed by atoms with Crippen molar-refractivity contribution < 1.29 is 0 Å². The molecule has 50 valence electrons. The minimum atomic E-state index is 0.807. The molecule has 1 nitrogen and oxygen atoms in total. The van der Waals surface area contributed by atoms with Gasteiger partial charge >= 0.3 is 0 Å². The van der Waals surface area contributed by atoms with Gasteiger partial charge in [0.1, 0.15) is 0 Å².